The van der Waals surface area contributed by atoms with Gasteiger partial charge in [0.2, 0.25) is 0 Å². The molecule has 0 spiro atoms. The van der Waals surface area contributed by atoms with Gasteiger partial charge in [-0.15, -0.1) is 5.10 Å². The number of rotatable bonds is 4. The van der Waals surface area contributed by atoms with Gasteiger partial charge in [0, 0.05) is 10.9 Å². The molecule has 19 heavy (non-hydrogen) atoms. The van der Waals surface area contributed by atoms with E-state index < -0.39 is 0 Å². The van der Waals surface area contributed by atoms with E-state index in [0.717, 1.165) is 11.5 Å². The van der Waals surface area contributed by atoms with Crippen LogP contribution in [0.5, 0.6) is 5.75 Å². The second-order valence-corrected chi connectivity index (χ2v) is 4.57. The van der Waals surface area contributed by atoms with Crippen LogP contribution < -0.4 is 15.8 Å². The quantitative estimate of drug-likeness (QED) is 0.829. The van der Waals surface area contributed by atoms with Crippen LogP contribution >= 0.6 is 23.8 Å². The summed E-state index contributed by atoms with van der Waals surface area (Å²) in [6.07, 6.45) is 0. The van der Waals surface area contributed by atoms with E-state index in [4.69, 9.17) is 22.7 Å². The standard InChI is InChI=1S/C11H10N4O2S2/c1-17-9-4-6(10(12)18)2-3-7(9)13-11(16)8-5-19-15-14-8/h2-5H,1H3,(H2,12,18)(H,13,16). The Kier molecular flexibility index (Phi) is 4.03. The van der Waals surface area contributed by atoms with Gasteiger partial charge in [-0.05, 0) is 29.7 Å². The van der Waals surface area contributed by atoms with Crippen molar-refractivity contribution >= 4 is 40.3 Å². The summed E-state index contributed by atoms with van der Waals surface area (Å²) in [7, 11) is 1.50. The molecule has 1 aromatic heterocycles. The van der Waals surface area contributed by atoms with Gasteiger partial charge in [0.05, 0.1) is 12.8 Å². The molecule has 2 aromatic rings. The lowest BCUT2D eigenvalue weighted by atomic mass is 10.2. The molecule has 6 nitrogen and oxygen atoms in total. The molecule has 0 aliphatic heterocycles. The molecule has 0 atom stereocenters. The Morgan fingerprint density at radius 2 is 2.32 bits per heavy atom. The van der Waals surface area contributed by atoms with Gasteiger partial charge in [-0.3, -0.25) is 4.79 Å². The maximum absolute atomic E-state index is 11.8. The molecule has 0 aliphatic rings. The van der Waals surface area contributed by atoms with Gasteiger partial charge in [-0.1, -0.05) is 16.7 Å². The summed E-state index contributed by atoms with van der Waals surface area (Å²) in [5.41, 5.74) is 6.97. The second-order valence-electron chi connectivity index (χ2n) is 3.52. The van der Waals surface area contributed by atoms with Crippen LogP contribution in [0.3, 0.4) is 0 Å². The number of methoxy groups -OCH3 is 1. The Bertz CT molecular complexity index is 613. The van der Waals surface area contributed by atoms with Crippen molar-refractivity contribution in [1.82, 2.24) is 9.59 Å². The number of amides is 1. The number of hydrogen-bond acceptors (Lipinski definition) is 6. The van der Waals surface area contributed by atoms with Crippen LogP contribution in [0.4, 0.5) is 5.69 Å². The number of anilines is 1. The Hall–Kier alpha value is -2.06. The SMILES string of the molecule is COc1cc(C(N)=S)ccc1NC(=O)c1csnn1. The number of aromatic nitrogens is 2. The second kappa shape index (κ2) is 5.72. The van der Waals surface area contributed by atoms with Crippen molar-refractivity contribution in [1.29, 1.82) is 0 Å². The molecule has 8 heteroatoms. The minimum atomic E-state index is -0.352. The Morgan fingerprint density at radius 3 is 2.89 bits per heavy atom. The first kappa shape index (κ1) is 13.4. The first-order valence-corrected chi connectivity index (χ1v) is 6.42. The van der Waals surface area contributed by atoms with Crippen molar-refractivity contribution in [2.75, 3.05) is 12.4 Å². The van der Waals surface area contributed by atoms with Crippen LogP contribution in [0.15, 0.2) is 23.6 Å². The summed E-state index contributed by atoms with van der Waals surface area (Å²) in [5.74, 6) is 0.122. The molecule has 0 fully saturated rings. The zero-order chi connectivity index (χ0) is 13.8. The zero-order valence-electron chi connectivity index (χ0n) is 9.91. The van der Waals surface area contributed by atoms with Crippen LogP contribution in [0.2, 0.25) is 0 Å². The van der Waals surface area contributed by atoms with Crippen LogP contribution in [-0.4, -0.2) is 27.6 Å². The van der Waals surface area contributed by atoms with Crippen molar-refractivity contribution in [2.24, 2.45) is 5.73 Å². The van der Waals surface area contributed by atoms with Gasteiger partial charge in [-0.2, -0.15) is 0 Å². The van der Waals surface area contributed by atoms with E-state index >= 15 is 0 Å². The zero-order valence-corrected chi connectivity index (χ0v) is 11.5. The summed E-state index contributed by atoms with van der Waals surface area (Å²) >= 11 is 5.99. The van der Waals surface area contributed by atoms with Crippen LogP contribution in [-0.2, 0) is 0 Å². The molecule has 3 N–H and O–H groups in total. The third kappa shape index (κ3) is 3.04. The van der Waals surface area contributed by atoms with Gasteiger partial charge in [0.15, 0.2) is 5.69 Å². The number of thiocarbonyl (C=S) groups is 1. The van der Waals surface area contributed by atoms with Crippen molar-refractivity contribution < 1.29 is 9.53 Å². The minimum absolute atomic E-state index is 0.255. The molecule has 98 valence electrons. The highest BCUT2D eigenvalue weighted by Gasteiger charge is 2.13. The fourth-order valence-corrected chi connectivity index (χ4v) is 1.96. The van der Waals surface area contributed by atoms with Gasteiger partial charge in [0.25, 0.3) is 5.91 Å². The Morgan fingerprint density at radius 1 is 1.53 bits per heavy atom. The number of carbonyl (C=O) groups excluding carboxylic acids is 1. The highest BCUT2D eigenvalue weighted by molar-refractivity contribution is 7.80. The topological polar surface area (TPSA) is 90.1 Å². The summed E-state index contributed by atoms with van der Waals surface area (Å²) < 4.78 is 8.82. The molecule has 0 bridgehead atoms. The number of nitrogens with zero attached hydrogens (tertiary/aromatic N) is 2. The minimum Gasteiger partial charge on any atom is -0.495 e. The third-order valence-electron chi connectivity index (χ3n) is 2.33. The van der Waals surface area contributed by atoms with Gasteiger partial charge in [-0.25, -0.2) is 0 Å². The lowest BCUT2D eigenvalue weighted by Gasteiger charge is -2.10. The van der Waals surface area contributed by atoms with Gasteiger partial charge >= 0.3 is 0 Å². The number of nitrogens with one attached hydrogen (secondary N) is 1. The van der Waals surface area contributed by atoms with E-state index in [2.05, 4.69) is 14.9 Å². The number of ether oxygens (including phenoxy) is 1. The largest absolute Gasteiger partial charge is 0.495 e. The molecule has 0 saturated heterocycles. The molecule has 2 rings (SSSR count). The molecule has 1 heterocycles. The summed E-state index contributed by atoms with van der Waals surface area (Å²) in [6, 6.07) is 5.04. The molecule has 1 aromatic carbocycles. The van der Waals surface area contributed by atoms with Crippen molar-refractivity contribution in [2.45, 2.75) is 0 Å². The Labute approximate surface area is 118 Å². The van der Waals surface area contributed by atoms with Crippen LogP contribution in [0, 0.1) is 0 Å². The van der Waals surface area contributed by atoms with E-state index in [9.17, 15) is 4.79 Å². The van der Waals surface area contributed by atoms with Crippen molar-refractivity contribution in [3.05, 3.63) is 34.8 Å². The first-order valence-electron chi connectivity index (χ1n) is 5.18. The average Bonchev–Trinajstić information content (AvgIpc) is 2.92. The van der Waals surface area contributed by atoms with Gasteiger partial charge < -0.3 is 15.8 Å². The van der Waals surface area contributed by atoms with E-state index in [-0.39, 0.29) is 16.6 Å². The number of nitrogens with two attached hydrogens (primary N) is 1. The normalized spacial score (nSPS) is 9.95. The summed E-state index contributed by atoms with van der Waals surface area (Å²) in [5, 5.41) is 7.94. The molecule has 0 saturated carbocycles. The van der Waals surface area contributed by atoms with Crippen molar-refractivity contribution in [3.63, 3.8) is 0 Å². The monoisotopic (exact) mass is 294 g/mol. The van der Waals surface area contributed by atoms with E-state index in [1.807, 2.05) is 0 Å². The molecular formula is C11H10N4O2S2. The highest BCUT2D eigenvalue weighted by atomic mass is 32.1. The predicted octanol–water partition coefficient (Wildman–Crippen LogP) is 1.43. The predicted molar refractivity (Wildman–Crippen MR) is 76.7 cm³/mol. The van der Waals surface area contributed by atoms with E-state index in [0.29, 0.717) is 17.0 Å². The molecule has 0 radical (unpaired) electrons. The highest BCUT2D eigenvalue weighted by Crippen LogP contribution is 2.26. The maximum Gasteiger partial charge on any atom is 0.277 e. The third-order valence-corrected chi connectivity index (χ3v) is 3.07. The molecule has 0 aliphatic carbocycles. The summed E-state index contributed by atoms with van der Waals surface area (Å²) in [4.78, 5) is 12.1. The smallest absolute Gasteiger partial charge is 0.277 e. The lowest BCUT2D eigenvalue weighted by molar-refractivity contribution is 0.102. The molecular weight excluding hydrogens is 284 g/mol. The maximum atomic E-state index is 11.8. The Balaban J connectivity index is 2.25. The fourth-order valence-electron chi connectivity index (χ4n) is 1.40. The van der Waals surface area contributed by atoms with E-state index in [1.54, 1.807) is 23.6 Å². The number of benzene rings is 1. The average molecular weight is 294 g/mol. The number of carbonyl (C=O) groups is 1. The molecule has 0 unspecified atom stereocenters. The van der Waals surface area contributed by atoms with E-state index in [1.165, 1.54) is 7.11 Å². The molecule has 1 amide bonds. The first-order chi connectivity index (χ1) is 9.11. The van der Waals surface area contributed by atoms with Crippen molar-refractivity contribution in [3.8, 4) is 5.75 Å². The van der Waals surface area contributed by atoms with Crippen LogP contribution in [0.1, 0.15) is 16.1 Å². The summed E-state index contributed by atoms with van der Waals surface area (Å²) in [6.45, 7) is 0. The van der Waals surface area contributed by atoms with Crippen LogP contribution in [0.25, 0.3) is 0 Å². The number of hydrogen-bond donors (Lipinski definition) is 2. The van der Waals surface area contributed by atoms with Gasteiger partial charge in [0.1, 0.15) is 10.7 Å². The lowest BCUT2D eigenvalue weighted by Crippen LogP contribution is -2.14. The fraction of sp³-hybridized carbons (Fsp3) is 0.0909.